The molecule has 0 radical (unpaired) electrons. The largest absolute Gasteiger partial charge is 0.494 e. The van der Waals surface area contributed by atoms with Crippen LogP contribution in [0.25, 0.3) is 16.5 Å². The normalized spacial score (nSPS) is 12.6. The van der Waals surface area contributed by atoms with Gasteiger partial charge in [0.15, 0.2) is 11.7 Å². The number of fused-ring (bicyclic) bond motifs is 2. The molecular formula is C22H13F2N3O. The molecule has 3 aromatic carbocycles. The van der Waals surface area contributed by atoms with Crippen LogP contribution in [0.3, 0.4) is 0 Å². The molecule has 28 heavy (non-hydrogen) atoms. The molecule has 0 saturated heterocycles. The van der Waals surface area contributed by atoms with Gasteiger partial charge in [-0.25, -0.2) is 18.8 Å². The second-order valence-corrected chi connectivity index (χ2v) is 6.43. The van der Waals surface area contributed by atoms with Crippen LogP contribution in [0.4, 0.5) is 8.78 Å². The number of H-pyrrole nitrogens is 1. The van der Waals surface area contributed by atoms with Crippen molar-refractivity contribution < 1.29 is 13.9 Å². The average Bonchev–Trinajstić information content (AvgIpc) is 3.25. The first-order chi connectivity index (χ1) is 13.6. The first-order valence-corrected chi connectivity index (χ1v) is 8.64. The van der Waals surface area contributed by atoms with E-state index in [-0.39, 0.29) is 17.3 Å². The number of rotatable bonds is 2. The van der Waals surface area contributed by atoms with Gasteiger partial charge in [-0.15, -0.1) is 0 Å². The Hall–Kier alpha value is -3.80. The molecule has 136 valence electrons. The van der Waals surface area contributed by atoms with Gasteiger partial charge in [0.05, 0.1) is 16.3 Å². The van der Waals surface area contributed by atoms with Crippen molar-refractivity contribution in [2.24, 2.45) is 9.98 Å². The number of nitrogens with zero attached hydrogens (tertiary/aromatic N) is 2. The molecule has 2 heterocycles. The number of nitrogens with one attached hydrogen (secondary N) is 1. The Morgan fingerprint density at radius 3 is 2.25 bits per heavy atom. The van der Waals surface area contributed by atoms with Crippen molar-refractivity contribution in [1.82, 2.24) is 4.98 Å². The number of aromatic hydroxyl groups is 1. The molecule has 1 aliphatic heterocycles. The monoisotopic (exact) mass is 373 g/mol. The number of hydrogen-bond donors (Lipinski definition) is 2. The van der Waals surface area contributed by atoms with Gasteiger partial charge in [0, 0.05) is 28.1 Å². The smallest absolute Gasteiger partial charge is 0.197 e. The molecule has 0 atom stereocenters. The van der Waals surface area contributed by atoms with E-state index in [1.807, 2.05) is 30.3 Å². The molecule has 0 amide bonds. The number of halogens is 2. The van der Waals surface area contributed by atoms with Gasteiger partial charge in [0.1, 0.15) is 11.6 Å². The standard InChI is InChI=1S/C22H13F2N3O/c23-12-9-10-13(15(24)11-12)19(21-25-17-7-3-4-8-18(17)26-21)20-14-5-1-2-6-16(14)27-22(20)28/h1-11,27-28H. The van der Waals surface area contributed by atoms with Crippen LogP contribution in [0.5, 0.6) is 5.88 Å². The zero-order valence-electron chi connectivity index (χ0n) is 14.4. The second kappa shape index (κ2) is 6.13. The summed E-state index contributed by atoms with van der Waals surface area (Å²) in [5.74, 6) is -1.31. The van der Waals surface area contributed by atoms with Crippen molar-refractivity contribution in [3.8, 4) is 5.88 Å². The van der Waals surface area contributed by atoms with E-state index in [9.17, 15) is 13.9 Å². The van der Waals surface area contributed by atoms with Crippen LogP contribution in [0.1, 0.15) is 11.1 Å². The third kappa shape index (κ3) is 2.50. The van der Waals surface area contributed by atoms with Gasteiger partial charge in [0.25, 0.3) is 0 Å². The van der Waals surface area contributed by atoms with E-state index in [2.05, 4.69) is 15.0 Å². The minimum atomic E-state index is -0.756. The Kier molecular flexibility index (Phi) is 3.58. The highest BCUT2D eigenvalue weighted by Crippen LogP contribution is 2.40. The molecule has 4 nitrogen and oxygen atoms in total. The quantitative estimate of drug-likeness (QED) is 0.551. The van der Waals surface area contributed by atoms with Crippen LogP contribution in [0.2, 0.25) is 0 Å². The lowest BCUT2D eigenvalue weighted by molar-refractivity contribution is 0.457. The fourth-order valence-electron chi connectivity index (χ4n) is 3.46. The topological polar surface area (TPSA) is 60.7 Å². The summed E-state index contributed by atoms with van der Waals surface area (Å²) in [7, 11) is 0. The zero-order chi connectivity index (χ0) is 19.3. The van der Waals surface area contributed by atoms with Crippen LogP contribution >= 0.6 is 0 Å². The molecule has 1 aromatic heterocycles. The Bertz CT molecular complexity index is 1370. The maximum atomic E-state index is 14.8. The van der Waals surface area contributed by atoms with Gasteiger partial charge in [-0.1, -0.05) is 30.3 Å². The number of benzene rings is 3. The average molecular weight is 373 g/mol. The number of hydrogen-bond acceptors (Lipinski definition) is 3. The molecule has 4 aromatic rings. The van der Waals surface area contributed by atoms with Gasteiger partial charge in [-0.3, -0.25) is 0 Å². The highest BCUT2D eigenvalue weighted by molar-refractivity contribution is 6.00. The Labute approximate surface area is 157 Å². The maximum absolute atomic E-state index is 14.8. The molecule has 2 N–H and O–H groups in total. The van der Waals surface area contributed by atoms with E-state index in [0.29, 0.717) is 32.8 Å². The first-order valence-electron chi connectivity index (χ1n) is 8.64. The number of aromatic amines is 1. The van der Waals surface area contributed by atoms with Gasteiger partial charge in [0.2, 0.25) is 0 Å². The summed E-state index contributed by atoms with van der Waals surface area (Å²) in [6.07, 6.45) is 0. The lowest BCUT2D eigenvalue weighted by Gasteiger charge is -2.10. The van der Waals surface area contributed by atoms with E-state index < -0.39 is 11.6 Å². The Morgan fingerprint density at radius 2 is 1.54 bits per heavy atom. The van der Waals surface area contributed by atoms with Crippen LogP contribution in [-0.4, -0.2) is 10.1 Å². The summed E-state index contributed by atoms with van der Waals surface area (Å²) in [4.78, 5) is 11.9. The molecule has 0 unspecified atom stereocenters. The summed E-state index contributed by atoms with van der Waals surface area (Å²) in [6, 6.07) is 17.9. The van der Waals surface area contributed by atoms with E-state index >= 15 is 0 Å². The predicted octanol–water partition coefficient (Wildman–Crippen LogP) is 3.82. The highest BCUT2D eigenvalue weighted by atomic mass is 19.1. The summed E-state index contributed by atoms with van der Waals surface area (Å²) in [5.41, 5.74) is 1.46. The van der Waals surface area contributed by atoms with Gasteiger partial charge < -0.3 is 10.1 Å². The fourth-order valence-corrected chi connectivity index (χ4v) is 3.46. The number of aromatic nitrogens is 1. The summed E-state index contributed by atoms with van der Waals surface area (Å²) in [6.45, 7) is 0. The molecule has 0 spiro atoms. The first kappa shape index (κ1) is 16.4. The molecule has 1 aliphatic rings. The number of para-hydroxylation sites is 3. The third-order valence-electron chi connectivity index (χ3n) is 4.69. The van der Waals surface area contributed by atoms with Gasteiger partial charge in [-0.2, -0.15) is 0 Å². The summed E-state index contributed by atoms with van der Waals surface area (Å²) >= 11 is 0. The van der Waals surface area contributed by atoms with E-state index in [1.165, 1.54) is 12.1 Å². The maximum Gasteiger partial charge on any atom is 0.197 e. The van der Waals surface area contributed by atoms with Crippen LogP contribution in [0, 0.1) is 11.6 Å². The SMILES string of the molecule is Oc1[nH]c2ccccc2c1C(=C1N=c2ccccc2=N1)c1ccc(F)cc1F. The van der Waals surface area contributed by atoms with Crippen molar-refractivity contribution in [1.29, 1.82) is 0 Å². The summed E-state index contributed by atoms with van der Waals surface area (Å²) < 4.78 is 28.3. The third-order valence-corrected chi connectivity index (χ3v) is 4.69. The van der Waals surface area contributed by atoms with Gasteiger partial charge >= 0.3 is 0 Å². The zero-order valence-corrected chi connectivity index (χ0v) is 14.4. The molecule has 0 fully saturated rings. The highest BCUT2D eigenvalue weighted by Gasteiger charge is 2.24. The molecule has 0 aliphatic carbocycles. The van der Waals surface area contributed by atoms with Crippen molar-refractivity contribution in [3.05, 3.63) is 106 Å². The van der Waals surface area contributed by atoms with Crippen molar-refractivity contribution >= 4 is 16.5 Å². The van der Waals surface area contributed by atoms with Crippen molar-refractivity contribution in [3.63, 3.8) is 0 Å². The van der Waals surface area contributed by atoms with Gasteiger partial charge in [-0.05, 0) is 30.3 Å². The van der Waals surface area contributed by atoms with E-state index in [1.54, 1.807) is 18.2 Å². The molecule has 0 saturated carbocycles. The molecular weight excluding hydrogens is 360 g/mol. The minimum absolute atomic E-state index is 0.108. The Balaban J connectivity index is 1.91. The van der Waals surface area contributed by atoms with Crippen molar-refractivity contribution in [2.75, 3.05) is 0 Å². The fraction of sp³-hybridized carbons (Fsp3) is 0. The van der Waals surface area contributed by atoms with Crippen LogP contribution < -0.4 is 10.7 Å². The van der Waals surface area contributed by atoms with E-state index in [0.717, 1.165) is 6.07 Å². The molecule has 0 bridgehead atoms. The lowest BCUT2D eigenvalue weighted by atomic mass is 9.96. The lowest BCUT2D eigenvalue weighted by Crippen LogP contribution is -2.19. The predicted molar refractivity (Wildman–Crippen MR) is 101 cm³/mol. The van der Waals surface area contributed by atoms with Crippen molar-refractivity contribution in [2.45, 2.75) is 0 Å². The van der Waals surface area contributed by atoms with E-state index in [4.69, 9.17) is 0 Å². The van der Waals surface area contributed by atoms with Crippen LogP contribution in [0.15, 0.2) is 82.5 Å². The molecule has 5 rings (SSSR count). The minimum Gasteiger partial charge on any atom is -0.494 e. The molecule has 6 heteroatoms. The Morgan fingerprint density at radius 1 is 0.857 bits per heavy atom. The van der Waals surface area contributed by atoms with Crippen LogP contribution in [-0.2, 0) is 0 Å². The summed E-state index contributed by atoms with van der Waals surface area (Å²) in [5, 5.41) is 12.6. The second-order valence-electron chi connectivity index (χ2n) is 6.43.